The van der Waals surface area contributed by atoms with Crippen LogP contribution in [-0.4, -0.2) is 40.1 Å². The number of rotatable bonds is 3. The fourth-order valence-corrected chi connectivity index (χ4v) is 3.88. The Bertz CT molecular complexity index is 661. The van der Waals surface area contributed by atoms with E-state index in [0.717, 1.165) is 43.7 Å². The smallest absolute Gasteiger partial charge is 0.314 e. The molecule has 3 aliphatic heterocycles. The molecule has 2 bridgehead atoms. The van der Waals surface area contributed by atoms with E-state index in [-0.39, 0.29) is 23.0 Å². The SMILES string of the molecule is O=[N+]([O-])C1=C2N(Cc3ccc(Cl)cc3)CCN2C2CCCC1O2. The van der Waals surface area contributed by atoms with Crippen LogP contribution < -0.4 is 0 Å². The van der Waals surface area contributed by atoms with Crippen molar-refractivity contribution in [3.63, 3.8) is 0 Å². The van der Waals surface area contributed by atoms with Crippen molar-refractivity contribution in [2.75, 3.05) is 13.1 Å². The molecule has 7 heteroatoms. The van der Waals surface area contributed by atoms with Crippen LogP contribution in [0.4, 0.5) is 0 Å². The van der Waals surface area contributed by atoms with Gasteiger partial charge < -0.3 is 14.5 Å². The van der Waals surface area contributed by atoms with E-state index in [9.17, 15) is 10.1 Å². The lowest BCUT2D eigenvalue weighted by atomic mass is 10.0. The van der Waals surface area contributed by atoms with Gasteiger partial charge in [-0.15, -0.1) is 0 Å². The third-order valence-electron chi connectivity index (χ3n) is 4.79. The van der Waals surface area contributed by atoms with Crippen LogP contribution in [0.1, 0.15) is 24.8 Å². The number of halogens is 1. The van der Waals surface area contributed by atoms with Gasteiger partial charge in [-0.1, -0.05) is 23.7 Å². The lowest BCUT2D eigenvalue weighted by Gasteiger charge is -2.41. The molecule has 0 saturated carbocycles. The summed E-state index contributed by atoms with van der Waals surface area (Å²) in [5, 5.41) is 12.3. The molecule has 1 aromatic carbocycles. The molecule has 2 unspecified atom stereocenters. The third kappa shape index (κ3) is 2.56. The zero-order valence-corrected chi connectivity index (χ0v) is 13.4. The second kappa shape index (κ2) is 5.69. The Labute approximate surface area is 139 Å². The molecule has 2 saturated heterocycles. The van der Waals surface area contributed by atoms with Crippen molar-refractivity contribution < 1.29 is 9.66 Å². The summed E-state index contributed by atoms with van der Waals surface area (Å²) in [5.74, 6) is 0.755. The zero-order valence-electron chi connectivity index (χ0n) is 12.7. The highest BCUT2D eigenvalue weighted by atomic mass is 35.5. The Morgan fingerprint density at radius 3 is 2.78 bits per heavy atom. The lowest BCUT2D eigenvalue weighted by Crippen LogP contribution is -2.48. The molecule has 4 rings (SSSR count). The van der Waals surface area contributed by atoms with Gasteiger partial charge in [0.2, 0.25) is 0 Å². The van der Waals surface area contributed by atoms with Gasteiger partial charge in [-0.2, -0.15) is 0 Å². The highest BCUT2D eigenvalue weighted by molar-refractivity contribution is 6.30. The minimum Gasteiger partial charge on any atom is -0.347 e. The molecule has 0 aliphatic carbocycles. The summed E-state index contributed by atoms with van der Waals surface area (Å²) in [6, 6.07) is 7.65. The van der Waals surface area contributed by atoms with E-state index in [0.29, 0.717) is 11.6 Å². The van der Waals surface area contributed by atoms with Gasteiger partial charge in [-0.05, 0) is 37.0 Å². The summed E-state index contributed by atoms with van der Waals surface area (Å²) in [6.45, 7) is 2.21. The van der Waals surface area contributed by atoms with Gasteiger partial charge in [0.15, 0.2) is 11.9 Å². The summed E-state index contributed by atoms with van der Waals surface area (Å²) >= 11 is 5.93. The summed E-state index contributed by atoms with van der Waals surface area (Å²) in [5.41, 5.74) is 1.33. The van der Waals surface area contributed by atoms with Crippen molar-refractivity contribution in [2.24, 2.45) is 0 Å². The monoisotopic (exact) mass is 335 g/mol. The average molecular weight is 336 g/mol. The van der Waals surface area contributed by atoms with Gasteiger partial charge in [-0.3, -0.25) is 10.1 Å². The molecule has 0 radical (unpaired) electrons. The fraction of sp³-hybridized carbons (Fsp3) is 0.500. The fourth-order valence-electron chi connectivity index (χ4n) is 3.75. The van der Waals surface area contributed by atoms with Crippen LogP contribution in [0.3, 0.4) is 0 Å². The Morgan fingerprint density at radius 2 is 2.04 bits per heavy atom. The number of nitrogens with zero attached hydrogens (tertiary/aromatic N) is 3. The van der Waals surface area contributed by atoms with E-state index in [2.05, 4.69) is 9.80 Å². The first-order valence-electron chi connectivity index (χ1n) is 7.93. The maximum Gasteiger partial charge on any atom is 0.314 e. The van der Waals surface area contributed by atoms with Crippen molar-refractivity contribution >= 4 is 11.6 Å². The van der Waals surface area contributed by atoms with Crippen molar-refractivity contribution in [3.8, 4) is 0 Å². The third-order valence-corrected chi connectivity index (χ3v) is 5.04. The van der Waals surface area contributed by atoms with Crippen LogP contribution >= 0.6 is 11.6 Å². The molecule has 6 nitrogen and oxygen atoms in total. The zero-order chi connectivity index (χ0) is 16.0. The first-order chi connectivity index (χ1) is 11.1. The molecule has 23 heavy (non-hydrogen) atoms. The van der Waals surface area contributed by atoms with E-state index in [1.807, 2.05) is 24.3 Å². The van der Waals surface area contributed by atoms with Crippen molar-refractivity contribution in [2.45, 2.75) is 38.1 Å². The first-order valence-corrected chi connectivity index (χ1v) is 8.31. The number of fused-ring (bicyclic) bond motifs is 4. The van der Waals surface area contributed by atoms with Crippen molar-refractivity contribution in [3.05, 3.63) is 56.5 Å². The minimum atomic E-state index is -0.374. The molecule has 1 aromatic rings. The van der Waals surface area contributed by atoms with Crippen molar-refractivity contribution in [1.29, 1.82) is 0 Å². The van der Waals surface area contributed by atoms with E-state index in [1.54, 1.807) is 0 Å². The largest absolute Gasteiger partial charge is 0.347 e. The van der Waals surface area contributed by atoms with Gasteiger partial charge in [0.1, 0.15) is 6.23 Å². The Morgan fingerprint density at radius 1 is 1.26 bits per heavy atom. The number of hydrogen-bond acceptors (Lipinski definition) is 5. The summed E-state index contributed by atoms with van der Waals surface area (Å²) in [7, 11) is 0. The Balaban J connectivity index is 1.68. The highest BCUT2D eigenvalue weighted by Crippen LogP contribution is 2.39. The quantitative estimate of drug-likeness (QED) is 0.628. The average Bonchev–Trinajstić information content (AvgIpc) is 2.93. The van der Waals surface area contributed by atoms with Crippen LogP contribution in [0.25, 0.3) is 0 Å². The lowest BCUT2D eigenvalue weighted by molar-refractivity contribution is -0.448. The van der Waals surface area contributed by atoms with Crippen LogP contribution in [0.2, 0.25) is 5.02 Å². The minimum absolute atomic E-state index is 0.0114. The van der Waals surface area contributed by atoms with Crippen molar-refractivity contribution in [1.82, 2.24) is 9.80 Å². The number of hydrogen-bond donors (Lipinski definition) is 0. The number of nitro groups is 1. The molecule has 3 heterocycles. The molecule has 2 atom stereocenters. The maximum atomic E-state index is 11.6. The topological polar surface area (TPSA) is 58.9 Å². The predicted molar refractivity (Wildman–Crippen MR) is 85.1 cm³/mol. The molecule has 0 spiro atoms. The number of benzene rings is 1. The highest BCUT2D eigenvalue weighted by Gasteiger charge is 2.48. The van der Waals surface area contributed by atoms with Crippen LogP contribution in [-0.2, 0) is 11.3 Å². The van der Waals surface area contributed by atoms with E-state index >= 15 is 0 Å². The van der Waals surface area contributed by atoms with Gasteiger partial charge >= 0.3 is 5.70 Å². The van der Waals surface area contributed by atoms with E-state index < -0.39 is 0 Å². The molecule has 0 aromatic heterocycles. The van der Waals surface area contributed by atoms with Gasteiger partial charge in [0, 0.05) is 24.7 Å². The maximum absolute atomic E-state index is 11.6. The van der Waals surface area contributed by atoms with Crippen LogP contribution in [0.5, 0.6) is 0 Å². The van der Waals surface area contributed by atoms with E-state index in [1.165, 1.54) is 0 Å². The van der Waals surface area contributed by atoms with Gasteiger partial charge in [0.25, 0.3) is 0 Å². The van der Waals surface area contributed by atoms with Gasteiger partial charge in [0.05, 0.1) is 4.92 Å². The summed E-state index contributed by atoms with van der Waals surface area (Å²) in [4.78, 5) is 15.6. The Kier molecular flexibility index (Phi) is 3.66. The molecule has 0 N–H and O–H groups in total. The molecule has 122 valence electrons. The molecule has 0 amide bonds. The number of ether oxygens (including phenoxy) is 1. The second-order valence-electron chi connectivity index (χ2n) is 6.22. The van der Waals surface area contributed by atoms with Crippen LogP contribution in [0.15, 0.2) is 35.8 Å². The van der Waals surface area contributed by atoms with Gasteiger partial charge in [-0.25, -0.2) is 0 Å². The molecular weight excluding hydrogens is 318 g/mol. The summed E-state index contributed by atoms with van der Waals surface area (Å²) < 4.78 is 5.91. The van der Waals surface area contributed by atoms with E-state index in [4.69, 9.17) is 16.3 Å². The first kappa shape index (κ1) is 14.8. The Hall–Kier alpha value is -1.79. The molecule has 3 aliphatic rings. The van der Waals surface area contributed by atoms with Crippen LogP contribution in [0, 0.1) is 10.1 Å². The second-order valence-corrected chi connectivity index (χ2v) is 6.65. The predicted octanol–water partition coefficient (Wildman–Crippen LogP) is 2.81. The molecular formula is C16H18ClN3O3. The summed E-state index contributed by atoms with van der Waals surface area (Å²) in [6.07, 6.45) is 2.27. The standard InChI is InChI=1S/C16H18ClN3O3/c17-12-6-4-11(5-7-12)10-18-8-9-19-14-3-1-2-13(23-14)15(16(18)19)20(21)22/h4-7,13-14H,1-3,8-10H2. The normalized spacial score (nSPS) is 26.5. The molecule has 2 fully saturated rings.